The van der Waals surface area contributed by atoms with Gasteiger partial charge in [-0.3, -0.25) is 9.78 Å². The Morgan fingerprint density at radius 2 is 2.00 bits per heavy atom. The molecular weight excluding hydrogens is 250 g/mol. The molecule has 0 spiro atoms. The number of hydrogen-bond acceptors (Lipinski definition) is 3. The van der Waals surface area contributed by atoms with Crippen LogP contribution in [0.15, 0.2) is 17.8 Å². The Balaban J connectivity index is 2.11. The van der Waals surface area contributed by atoms with Crippen molar-refractivity contribution in [2.45, 2.75) is 52.4 Å². The van der Waals surface area contributed by atoms with E-state index >= 15 is 0 Å². The van der Waals surface area contributed by atoms with Crippen molar-refractivity contribution in [1.29, 1.82) is 0 Å². The molecule has 0 N–H and O–H groups in total. The van der Waals surface area contributed by atoms with Gasteiger partial charge in [0.1, 0.15) is 5.75 Å². The Morgan fingerprint density at radius 3 is 2.65 bits per heavy atom. The molecule has 0 atom stereocenters. The summed E-state index contributed by atoms with van der Waals surface area (Å²) in [5.74, 6) is 0.997. The fourth-order valence-corrected chi connectivity index (χ4v) is 2.84. The van der Waals surface area contributed by atoms with Gasteiger partial charge in [-0.2, -0.15) is 0 Å². The third-order valence-corrected chi connectivity index (χ3v) is 3.95. The molecule has 1 aliphatic rings. The molecule has 1 aliphatic carbocycles. The van der Waals surface area contributed by atoms with Gasteiger partial charge in [-0.05, 0) is 45.6 Å². The number of rotatable bonds is 4. The van der Waals surface area contributed by atoms with Gasteiger partial charge >= 0.3 is 0 Å². The summed E-state index contributed by atoms with van der Waals surface area (Å²) in [6, 6.07) is 0. The van der Waals surface area contributed by atoms with Crippen LogP contribution in [0.1, 0.15) is 48.9 Å². The zero-order valence-corrected chi connectivity index (χ0v) is 12.7. The smallest absolute Gasteiger partial charge is 0.161 e. The standard InChI is InChI=1S/C17H23NO2/c1-12-11-18-16(13(2)17(12)20-3)10-15(19)9-14-7-5-4-6-8-14/h9,11H,4-8,10H2,1-3H3. The maximum Gasteiger partial charge on any atom is 0.161 e. The average Bonchev–Trinajstić information content (AvgIpc) is 2.44. The molecule has 3 heteroatoms. The lowest BCUT2D eigenvalue weighted by molar-refractivity contribution is -0.114. The van der Waals surface area contributed by atoms with Gasteiger partial charge < -0.3 is 4.74 Å². The van der Waals surface area contributed by atoms with Crippen LogP contribution in [0.2, 0.25) is 0 Å². The molecule has 0 unspecified atom stereocenters. The van der Waals surface area contributed by atoms with E-state index in [2.05, 4.69) is 4.98 Å². The molecule has 0 aromatic carbocycles. The highest BCUT2D eigenvalue weighted by Crippen LogP contribution is 2.25. The van der Waals surface area contributed by atoms with Gasteiger partial charge in [0.05, 0.1) is 19.2 Å². The highest BCUT2D eigenvalue weighted by atomic mass is 16.5. The van der Waals surface area contributed by atoms with E-state index in [1.54, 1.807) is 13.3 Å². The molecule has 0 radical (unpaired) electrons. The lowest BCUT2D eigenvalue weighted by Gasteiger charge is -2.14. The van der Waals surface area contributed by atoms with Crippen molar-refractivity contribution in [2.24, 2.45) is 0 Å². The van der Waals surface area contributed by atoms with Crippen molar-refractivity contribution in [3.63, 3.8) is 0 Å². The van der Waals surface area contributed by atoms with Gasteiger partial charge in [-0.15, -0.1) is 0 Å². The second kappa shape index (κ2) is 6.69. The zero-order valence-electron chi connectivity index (χ0n) is 12.7. The summed E-state index contributed by atoms with van der Waals surface area (Å²) in [7, 11) is 1.66. The number of ether oxygens (including phenoxy) is 1. The largest absolute Gasteiger partial charge is 0.496 e. The summed E-state index contributed by atoms with van der Waals surface area (Å²) in [6.45, 7) is 3.93. The summed E-state index contributed by atoms with van der Waals surface area (Å²) in [5.41, 5.74) is 4.11. The fourth-order valence-electron chi connectivity index (χ4n) is 2.84. The molecule has 1 aromatic rings. The van der Waals surface area contributed by atoms with Crippen LogP contribution in [-0.4, -0.2) is 17.9 Å². The van der Waals surface area contributed by atoms with Crippen molar-refractivity contribution >= 4 is 5.78 Å². The minimum Gasteiger partial charge on any atom is -0.496 e. The van der Waals surface area contributed by atoms with Gasteiger partial charge in [-0.1, -0.05) is 12.0 Å². The molecule has 20 heavy (non-hydrogen) atoms. The summed E-state index contributed by atoms with van der Waals surface area (Å²) in [6.07, 6.45) is 9.87. The Hall–Kier alpha value is -1.64. The molecule has 0 amide bonds. The quantitative estimate of drug-likeness (QED) is 0.785. The Bertz CT molecular complexity index is 524. The van der Waals surface area contributed by atoms with Crippen LogP contribution in [0.5, 0.6) is 5.75 Å². The van der Waals surface area contributed by atoms with E-state index in [0.29, 0.717) is 6.42 Å². The predicted octanol–water partition coefficient (Wildman–Crippen LogP) is 3.71. The SMILES string of the molecule is COc1c(C)cnc(CC(=O)C=C2CCCCC2)c1C. The number of aromatic nitrogens is 1. The van der Waals surface area contributed by atoms with Crippen LogP contribution in [0.3, 0.4) is 0 Å². The number of carbonyl (C=O) groups excluding carboxylic acids is 1. The van der Waals surface area contributed by atoms with Gasteiger partial charge in [-0.25, -0.2) is 0 Å². The first-order valence-corrected chi connectivity index (χ1v) is 7.33. The molecule has 1 aromatic heterocycles. The van der Waals surface area contributed by atoms with Crippen molar-refractivity contribution in [2.75, 3.05) is 7.11 Å². The molecule has 3 nitrogen and oxygen atoms in total. The van der Waals surface area contributed by atoms with E-state index in [1.165, 1.54) is 24.8 Å². The van der Waals surface area contributed by atoms with E-state index in [9.17, 15) is 4.79 Å². The first-order chi connectivity index (χ1) is 9.61. The minimum absolute atomic E-state index is 0.156. The van der Waals surface area contributed by atoms with E-state index in [0.717, 1.165) is 35.4 Å². The maximum absolute atomic E-state index is 12.2. The molecular formula is C17H23NO2. The first kappa shape index (κ1) is 14.8. The van der Waals surface area contributed by atoms with Crippen LogP contribution in [0, 0.1) is 13.8 Å². The molecule has 1 fully saturated rings. The molecule has 108 valence electrons. The van der Waals surface area contributed by atoms with Crippen molar-refractivity contribution in [3.8, 4) is 5.75 Å². The highest BCUT2D eigenvalue weighted by molar-refractivity contribution is 5.92. The van der Waals surface area contributed by atoms with Crippen molar-refractivity contribution in [1.82, 2.24) is 4.98 Å². The minimum atomic E-state index is 0.156. The third-order valence-electron chi connectivity index (χ3n) is 3.95. The van der Waals surface area contributed by atoms with Crippen LogP contribution in [-0.2, 0) is 11.2 Å². The highest BCUT2D eigenvalue weighted by Gasteiger charge is 2.13. The number of nitrogens with zero attached hydrogens (tertiary/aromatic N) is 1. The van der Waals surface area contributed by atoms with E-state index in [4.69, 9.17) is 4.74 Å². The van der Waals surface area contributed by atoms with E-state index < -0.39 is 0 Å². The summed E-state index contributed by atoms with van der Waals surface area (Å²) < 4.78 is 5.38. The molecule has 0 aliphatic heterocycles. The van der Waals surface area contributed by atoms with Gasteiger partial charge in [0.25, 0.3) is 0 Å². The second-order valence-electron chi connectivity index (χ2n) is 5.55. The number of aryl methyl sites for hydroxylation is 1. The van der Waals surface area contributed by atoms with Crippen LogP contribution < -0.4 is 4.74 Å². The number of pyridine rings is 1. The lowest BCUT2D eigenvalue weighted by Crippen LogP contribution is -2.07. The number of allylic oxidation sites excluding steroid dienone is 2. The molecule has 1 heterocycles. The van der Waals surface area contributed by atoms with Gasteiger partial charge in [0, 0.05) is 17.3 Å². The Morgan fingerprint density at radius 1 is 1.30 bits per heavy atom. The van der Waals surface area contributed by atoms with Crippen LogP contribution in [0.25, 0.3) is 0 Å². The fraction of sp³-hybridized carbons (Fsp3) is 0.529. The number of ketones is 1. The third kappa shape index (κ3) is 3.47. The topological polar surface area (TPSA) is 39.2 Å². The van der Waals surface area contributed by atoms with Crippen molar-refractivity contribution < 1.29 is 9.53 Å². The van der Waals surface area contributed by atoms with Crippen molar-refractivity contribution in [3.05, 3.63) is 34.7 Å². The molecule has 0 bridgehead atoms. The lowest BCUT2D eigenvalue weighted by atomic mass is 9.93. The molecule has 0 saturated heterocycles. The summed E-state index contributed by atoms with van der Waals surface area (Å²) in [5, 5.41) is 0. The first-order valence-electron chi connectivity index (χ1n) is 7.33. The van der Waals surface area contributed by atoms with Gasteiger partial charge in [0.15, 0.2) is 5.78 Å². The van der Waals surface area contributed by atoms with E-state index in [-0.39, 0.29) is 5.78 Å². The summed E-state index contributed by atoms with van der Waals surface area (Å²) >= 11 is 0. The average molecular weight is 273 g/mol. The summed E-state index contributed by atoms with van der Waals surface area (Å²) in [4.78, 5) is 16.5. The predicted molar refractivity (Wildman–Crippen MR) is 80.1 cm³/mol. The van der Waals surface area contributed by atoms with Crippen LogP contribution in [0.4, 0.5) is 0 Å². The monoisotopic (exact) mass is 273 g/mol. The normalized spacial score (nSPS) is 15.1. The Kier molecular flexibility index (Phi) is 4.94. The van der Waals surface area contributed by atoms with E-state index in [1.807, 2.05) is 19.9 Å². The number of hydrogen-bond donors (Lipinski definition) is 0. The van der Waals surface area contributed by atoms with Crippen LogP contribution >= 0.6 is 0 Å². The zero-order chi connectivity index (χ0) is 14.5. The number of carbonyl (C=O) groups is 1. The number of methoxy groups -OCH3 is 1. The maximum atomic E-state index is 12.2. The molecule has 2 rings (SSSR count). The second-order valence-corrected chi connectivity index (χ2v) is 5.55. The van der Waals surface area contributed by atoms with Gasteiger partial charge in [0.2, 0.25) is 0 Å². The molecule has 1 saturated carbocycles. The Labute approximate surface area is 121 Å².